The molecule has 1 aromatic heterocycles. The van der Waals surface area contributed by atoms with Crippen LogP contribution in [-0.4, -0.2) is 83.3 Å². The molecular weight excluding hydrogens is 614 g/mol. The zero-order chi connectivity index (χ0) is 31.5. The predicted molar refractivity (Wildman–Crippen MR) is 140 cm³/mol. The number of aliphatic imine (C=N–C) groups is 1. The van der Waals surface area contributed by atoms with E-state index >= 15 is 0 Å². The molecule has 0 spiro atoms. The van der Waals surface area contributed by atoms with E-state index in [9.17, 15) is 44.6 Å². The van der Waals surface area contributed by atoms with Gasteiger partial charge in [-0.05, 0) is 37.3 Å². The molecule has 43 heavy (non-hydrogen) atoms. The highest BCUT2D eigenvalue weighted by Gasteiger charge is 2.52. The quantitative estimate of drug-likeness (QED) is 0.0809. The number of aliphatic hydroxyl groups is 2. The van der Waals surface area contributed by atoms with Gasteiger partial charge in [-0.1, -0.05) is 30.3 Å². The first kappa shape index (κ1) is 33.5. The maximum absolute atomic E-state index is 12.8. The monoisotopic (exact) mass is 646 g/mol. The van der Waals surface area contributed by atoms with Crippen molar-refractivity contribution in [3.05, 3.63) is 53.6 Å². The molecule has 19 heteroatoms. The first-order valence-corrected chi connectivity index (χ1v) is 16.2. The lowest BCUT2D eigenvalue weighted by Crippen LogP contribution is -2.34. The zero-order valence-corrected chi connectivity index (χ0v) is 24.5. The largest absolute Gasteiger partial charge is 0.862 e. The minimum absolute atomic E-state index is 0.0672. The van der Waals surface area contributed by atoms with Crippen LogP contribution in [0.1, 0.15) is 31.6 Å². The third kappa shape index (κ3) is 8.63. The Hall–Kier alpha value is -2.37. The number of nitrogens with zero attached hydrogens (tertiary/aromatic N) is 3. The first-order valence-electron chi connectivity index (χ1n) is 13.0. The number of rotatable bonds is 12. The molecule has 2 unspecified atom stereocenters. The molecule has 2 aromatic rings. The minimum atomic E-state index is -5.24. The van der Waals surface area contributed by atoms with E-state index in [1.165, 1.54) is 6.92 Å². The lowest BCUT2D eigenvalue weighted by molar-refractivity contribution is -0.292. The number of aliphatic hydroxyl groups excluding tert-OH is 2. The summed E-state index contributed by atoms with van der Waals surface area (Å²) in [4.78, 5) is 50.2. The highest BCUT2D eigenvalue weighted by Crippen LogP contribution is 2.60. The van der Waals surface area contributed by atoms with Gasteiger partial charge in [-0.15, -0.1) is 0 Å². The van der Waals surface area contributed by atoms with Gasteiger partial charge in [-0.25, -0.2) is 23.9 Å². The topological polar surface area (TPSA) is 278 Å². The number of phosphoric ester groups is 1. The molecule has 2 fully saturated rings. The van der Waals surface area contributed by atoms with Gasteiger partial charge >= 0.3 is 7.82 Å². The van der Waals surface area contributed by atoms with Gasteiger partial charge in [0.2, 0.25) is 5.85 Å². The molecule has 1 aliphatic carbocycles. The molecule has 0 amide bonds. The van der Waals surface area contributed by atoms with Crippen molar-refractivity contribution < 1.29 is 63.1 Å². The number of hydrogen-bond acceptors (Lipinski definition) is 15. The van der Waals surface area contributed by atoms with Gasteiger partial charge in [0.15, 0.2) is 6.23 Å². The summed E-state index contributed by atoms with van der Waals surface area (Å²) in [7, 11) is -10.5. The van der Waals surface area contributed by atoms with Crippen molar-refractivity contribution >= 4 is 21.7 Å². The van der Waals surface area contributed by atoms with Gasteiger partial charge in [0.1, 0.15) is 23.8 Å². The van der Waals surface area contributed by atoms with E-state index in [2.05, 4.69) is 9.98 Å². The van der Waals surface area contributed by atoms with Crippen molar-refractivity contribution in [2.45, 2.75) is 68.9 Å². The van der Waals surface area contributed by atoms with E-state index in [4.69, 9.17) is 23.9 Å². The van der Waals surface area contributed by atoms with Crippen LogP contribution in [0.15, 0.2) is 47.6 Å². The van der Waals surface area contributed by atoms with Gasteiger partial charge in [0.05, 0.1) is 31.4 Å². The summed E-state index contributed by atoms with van der Waals surface area (Å²) in [6, 6.07) is 8.41. The van der Waals surface area contributed by atoms with Crippen LogP contribution in [-0.2, 0) is 29.7 Å². The third-order valence-electron chi connectivity index (χ3n) is 6.98. The lowest BCUT2D eigenvalue weighted by atomic mass is 10.1. The van der Waals surface area contributed by atoms with Gasteiger partial charge in [0, 0.05) is 12.1 Å². The molecule has 2 aliphatic rings. The maximum Gasteiger partial charge on any atom is 0.475 e. The van der Waals surface area contributed by atoms with Crippen LogP contribution in [0.2, 0.25) is 0 Å². The lowest BCUT2D eigenvalue weighted by Gasteiger charge is -2.30. The average Bonchev–Trinajstić information content (AvgIpc) is 3.44. The fraction of sp³-hybridized carbons (Fsp3) is 0.542. The van der Waals surface area contributed by atoms with Gasteiger partial charge in [-0.2, -0.15) is 0 Å². The number of aromatic nitrogens is 2. The Balaban J connectivity index is 1.43. The summed E-state index contributed by atoms with van der Waals surface area (Å²) in [6.07, 6.45) is -6.17. The Bertz CT molecular complexity index is 1370. The predicted octanol–water partition coefficient (Wildman–Crippen LogP) is -2.23. The Morgan fingerprint density at radius 1 is 1.26 bits per heavy atom. The van der Waals surface area contributed by atoms with Crippen molar-refractivity contribution in [2.75, 3.05) is 6.61 Å². The summed E-state index contributed by atoms with van der Waals surface area (Å²) in [5.41, 5.74) is 0.464. The average molecular weight is 646 g/mol. The fourth-order valence-corrected chi connectivity index (χ4v) is 7.51. The van der Waals surface area contributed by atoms with E-state index in [0.717, 1.165) is 22.4 Å². The van der Waals surface area contributed by atoms with Gasteiger partial charge in [-0.3, -0.25) is 14.9 Å². The van der Waals surface area contributed by atoms with E-state index in [1.807, 2.05) is 6.07 Å². The van der Waals surface area contributed by atoms with Crippen molar-refractivity contribution in [3.8, 4) is 6.01 Å². The van der Waals surface area contributed by atoms with Crippen molar-refractivity contribution in [1.82, 2.24) is 9.55 Å². The second-order valence-corrected chi connectivity index (χ2v) is 13.3. The molecule has 0 bridgehead atoms. The third-order valence-corrected chi connectivity index (χ3v) is 9.31. The summed E-state index contributed by atoms with van der Waals surface area (Å²) < 4.78 is 34.8. The maximum atomic E-state index is 12.8. The zero-order valence-electron chi connectivity index (χ0n) is 22.7. The Labute approximate surface area is 246 Å². The van der Waals surface area contributed by atoms with Crippen molar-refractivity contribution in [3.63, 3.8) is 0 Å². The van der Waals surface area contributed by atoms with E-state index in [-0.39, 0.29) is 24.9 Å². The summed E-state index contributed by atoms with van der Waals surface area (Å²) in [5.74, 6) is -3.75. The second-order valence-electron chi connectivity index (χ2n) is 10.2. The number of ether oxygens (including phenoxy) is 2. The van der Waals surface area contributed by atoms with Crippen LogP contribution in [0.25, 0.3) is 0 Å². The SMILES string of the molecule is CC([O-])=N[C@@H]1C[C@H](C(OP(=O)(O)OC[C@H]2O[C@@H](n3ccc(=N)nc3[O-])[C@H](O)[C@@H]2O)[P+]([O-])(O)O)C[C@H]1OCc1ccccc1. The standard InChI is InChI=1S/C24H34N4O13P2/c1-13(29)26-16-9-15(10-17(16)38-11-14-5-3-2-4-6-14)23(42(33,34)35)41-43(36,37)39-12-18-20(30)21(31)22(40-18)28-8-7-19(25)27-24(28)32/h2-8,15-18,20-23,30-31H,9-12H2,1H3,(H,26,29)(H,36,37)(H2,25,27,32)(H2,33,34,35)/p-2/t15-,16+,17+,18+,20+,21+,22+,23?/m0/s1. The normalized spacial score (nSPS) is 30.3. The van der Waals surface area contributed by atoms with Gasteiger partial charge in [0.25, 0.3) is 7.94 Å². The van der Waals surface area contributed by atoms with Crippen LogP contribution in [0.3, 0.4) is 0 Å². The molecule has 6 N–H and O–H groups in total. The van der Waals surface area contributed by atoms with Crippen LogP contribution in [0.4, 0.5) is 0 Å². The molecule has 0 radical (unpaired) electrons. The number of benzene rings is 1. The highest BCUT2D eigenvalue weighted by atomic mass is 31.2. The summed E-state index contributed by atoms with van der Waals surface area (Å²) in [5, 5.41) is 51.9. The van der Waals surface area contributed by atoms with E-state index in [1.54, 1.807) is 24.3 Å². The molecular formula is C24H32N4O13P2-2. The van der Waals surface area contributed by atoms with Crippen LogP contribution in [0.5, 0.6) is 6.01 Å². The first-order chi connectivity index (χ1) is 20.1. The molecule has 1 saturated carbocycles. The highest BCUT2D eigenvalue weighted by molar-refractivity contribution is 7.58. The molecule has 17 nitrogen and oxygen atoms in total. The molecule has 4 rings (SSSR count). The minimum Gasteiger partial charge on any atom is -0.862 e. The van der Waals surface area contributed by atoms with Crippen LogP contribution in [0, 0.1) is 11.3 Å². The van der Waals surface area contributed by atoms with Crippen molar-refractivity contribution in [2.24, 2.45) is 10.9 Å². The van der Waals surface area contributed by atoms with Crippen LogP contribution >= 0.6 is 15.8 Å². The smallest absolute Gasteiger partial charge is 0.475 e. The Morgan fingerprint density at radius 2 is 1.95 bits per heavy atom. The van der Waals surface area contributed by atoms with Crippen LogP contribution < -0.4 is 20.6 Å². The molecule has 9 atom stereocenters. The Morgan fingerprint density at radius 3 is 2.58 bits per heavy atom. The molecule has 1 aromatic carbocycles. The summed E-state index contributed by atoms with van der Waals surface area (Å²) >= 11 is 0. The second kappa shape index (κ2) is 13.7. The summed E-state index contributed by atoms with van der Waals surface area (Å²) in [6.45, 7) is 0.453. The van der Waals surface area contributed by atoms with Crippen molar-refractivity contribution in [1.29, 1.82) is 5.41 Å². The molecule has 238 valence electrons. The van der Waals surface area contributed by atoms with E-state index < -0.39 is 82.7 Å². The molecule has 1 aliphatic heterocycles. The molecule has 2 heterocycles. The number of phosphoric acid groups is 1. The number of nitrogens with one attached hydrogen (secondary N) is 1. The van der Waals surface area contributed by atoms with Gasteiger partial charge < -0.3 is 44.3 Å². The molecule has 1 saturated heterocycles. The number of hydrogen-bond donors (Lipinski definition) is 6. The Kier molecular flexibility index (Phi) is 10.7. The fourth-order valence-electron chi connectivity index (χ4n) is 5.03. The van der Waals surface area contributed by atoms with E-state index in [0.29, 0.717) is 0 Å².